The third-order valence-corrected chi connectivity index (χ3v) is 6.01. The maximum atomic E-state index is 12.8. The summed E-state index contributed by atoms with van der Waals surface area (Å²) in [6.45, 7) is 2.69. The molecule has 3 amide bonds. The lowest BCUT2D eigenvalue weighted by Crippen LogP contribution is -2.50. The third kappa shape index (κ3) is 3.41. The highest BCUT2D eigenvalue weighted by Crippen LogP contribution is 2.42. The van der Waals surface area contributed by atoms with E-state index in [-0.39, 0.29) is 24.0 Å². The minimum Gasteiger partial charge on any atom is -0.352 e. The van der Waals surface area contributed by atoms with Crippen molar-refractivity contribution in [2.45, 2.75) is 63.6 Å². The minimum absolute atomic E-state index is 0.0102. The Kier molecular flexibility index (Phi) is 4.20. The number of amides is 3. The van der Waals surface area contributed by atoms with Crippen LogP contribution in [-0.2, 0) is 4.79 Å². The van der Waals surface area contributed by atoms with E-state index in [4.69, 9.17) is 0 Å². The number of nitrogens with one attached hydrogen (secondary N) is 2. The van der Waals surface area contributed by atoms with E-state index in [1.54, 1.807) is 16.2 Å². The molecule has 2 aliphatic carbocycles. The van der Waals surface area contributed by atoms with Crippen molar-refractivity contribution in [3.63, 3.8) is 0 Å². The number of nitrogens with zero attached hydrogens (tertiary/aromatic N) is 2. The first kappa shape index (κ1) is 15.9. The molecule has 6 nitrogen and oxygen atoms in total. The van der Waals surface area contributed by atoms with Crippen molar-refractivity contribution < 1.29 is 9.59 Å². The molecule has 1 saturated heterocycles. The Hall–Kier alpha value is -1.63. The maximum Gasteiger partial charge on any atom is 0.318 e. The van der Waals surface area contributed by atoms with Crippen molar-refractivity contribution in [1.29, 1.82) is 0 Å². The smallest absolute Gasteiger partial charge is 0.318 e. The summed E-state index contributed by atoms with van der Waals surface area (Å²) < 4.78 is 0. The summed E-state index contributed by atoms with van der Waals surface area (Å²) in [4.78, 5) is 32.5. The van der Waals surface area contributed by atoms with Gasteiger partial charge in [0, 0.05) is 23.7 Å². The van der Waals surface area contributed by atoms with Gasteiger partial charge in [0.1, 0.15) is 11.0 Å². The molecule has 2 atom stereocenters. The van der Waals surface area contributed by atoms with E-state index in [9.17, 15) is 9.59 Å². The minimum atomic E-state index is -0.316. The summed E-state index contributed by atoms with van der Waals surface area (Å²) >= 11 is 1.65. The van der Waals surface area contributed by atoms with E-state index >= 15 is 0 Å². The maximum absolute atomic E-state index is 12.8. The summed E-state index contributed by atoms with van der Waals surface area (Å²) in [6, 6.07) is -0.110. The largest absolute Gasteiger partial charge is 0.352 e. The number of carbonyl (C=O) groups is 2. The average molecular weight is 348 g/mol. The first-order chi connectivity index (χ1) is 11.6. The van der Waals surface area contributed by atoms with Crippen LogP contribution in [0.4, 0.5) is 4.79 Å². The van der Waals surface area contributed by atoms with E-state index in [1.165, 1.54) is 0 Å². The molecule has 130 valence electrons. The first-order valence-corrected chi connectivity index (χ1v) is 9.73. The second-order valence-electron chi connectivity index (χ2n) is 7.21. The number of urea groups is 1. The van der Waals surface area contributed by atoms with E-state index in [2.05, 4.69) is 15.6 Å². The fourth-order valence-electron chi connectivity index (χ4n) is 3.35. The highest BCUT2D eigenvalue weighted by Gasteiger charge is 2.40. The summed E-state index contributed by atoms with van der Waals surface area (Å²) in [5, 5.41) is 7.18. The van der Waals surface area contributed by atoms with E-state index in [1.807, 2.05) is 13.1 Å². The zero-order valence-electron chi connectivity index (χ0n) is 14.0. The Balaban J connectivity index is 1.42. The van der Waals surface area contributed by atoms with Gasteiger partial charge in [0.25, 0.3) is 0 Å². The third-order valence-electron chi connectivity index (χ3n) is 5.02. The van der Waals surface area contributed by atoms with E-state index in [0.717, 1.165) is 48.4 Å². The molecule has 1 aromatic rings. The predicted molar refractivity (Wildman–Crippen MR) is 91.7 cm³/mol. The molecule has 1 aliphatic heterocycles. The monoisotopic (exact) mass is 348 g/mol. The zero-order valence-corrected chi connectivity index (χ0v) is 14.8. The number of hydrogen-bond acceptors (Lipinski definition) is 4. The van der Waals surface area contributed by atoms with Crippen LogP contribution in [0.5, 0.6) is 0 Å². The molecule has 0 bridgehead atoms. The predicted octanol–water partition coefficient (Wildman–Crippen LogP) is 2.36. The van der Waals surface area contributed by atoms with Crippen molar-refractivity contribution >= 4 is 23.3 Å². The molecule has 2 N–H and O–H groups in total. The van der Waals surface area contributed by atoms with Crippen LogP contribution in [0.2, 0.25) is 0 Å². The molecule has 24 heavy (non-hydrogen) atoms. The SMILES string of the molecule is Cc1cnc([C@H](NC(=O)N2CCC[C@@H]2C(=O)NC2CC2)C2CC2)s1. The average Bonchev–Trinajstić information content (AvgIpc) is 3.46. The summed E-state index contributed by atoms with van der Waals surface area (Å²) in [7, 11) is 0. The molecule has 3 fully saturated rings. The van der Waals surface area contributed by atoms with E-state index < -0.39 is 0 Å². The Morgan fingerprint density at radius 2 is 2.08 bits per heavy atom. The molecule has 2 heterocycles. The van der Waals surface area contributed by atoms with Crippen molar-refractivity contribution in [3.8, 4) is 0 Å². The molecular weight excluding hydrogens is 324 g/mol. The van der Waals surface area contributed by atoms with Gasteiger partial charge < -0.3 is 15.5 Å². The quantitative estimate of drug-likeness (QED) is 0.858. The van der Waals surface area contributed by atoms with Gasteiger partial charge in [-0.25, -0.2) is 9.78 Å². The van der Waals surface area contributed by atoms with Gasteiger partial charge in [0.05, 0.1) is 6.04 Å². The molecule has 0 unspecified atom stereocenters. The molecule has 7 heteroatoms. The Labute approximate surface area is 146 Å². The zero-order chi connectivity index (χ0) is 16.7. The van der Waals surface area contributed by atoms with Crippen LogP contribution >= 0.6 is 11.3 Å². The number of thiazole rings is 1. The lowest BCUT2D eigenvalue weighted by atomic mass is 10.2. The van der Waals surface area contributed by atoms with Crippen LogP contribution in [0.25, 0.3) is 0 Å². The number of aryl methyl sites for hydroxylation is 1. The first-order valence-electron chi connectivity index (χ1n) is 8.91. The van der Waals surface area contributed by atoms with Crippen molar-refractivity contribution in [2.75, 3.05) is 6.54 Å². The number of likely N-dealkylation sites (tertiary alicyclic amines) is 1. The number of rotatable bonds is 5. The van der Waals surface area contributed by atoms with Gasteiger partial charge in [0.2, 0.25) is 5.91 Å². The van der Waals surface area contributed by atoms with E-state index in [0.29, 0.717) is 18.5 Å². The molecule has 0 spiro atoms. The van der Waals surface area contributed by atoms with Gasteiger partial charge in [-0.2, -0.15) is 0 Å². The number of aromatic nitrogens is 1. The van der Waals surface area contributed by atoms with Crippen LogP contribution in [-0.4, -0.2) is 40.5 Å². The van der Waals surface area contributed by atoms with Crippen molar-refractivity contribution in [2.24, 2.45) is 5.92 Å². The topological polar surface area (TPSA) is 74.3 Å². The van der Waals surface area contributed by atoms with Crippen LogP contribution in [0.3, 0.4) is 0 Å². The summed E-state index contributed by atoms with van der Waals surface area (Å²) in [6.07, 6.45) is 7.92. The van der Waals surface area contributed by atoms with Crippen LogP contribution in [0.1, 0.15) is 54.5 Å². The Morgan fingerprint density at radius 3 is 2.71 bits per heavy atom. The van der Waals surface area contributed by atoms with Gasteiger partial charge in [-0.1, -0.05) is 0 Å². The summed E-state index contributed by atoms with van der Waals surface area (Å²) in [5.41, 5.74) is 0. The summed E-state index contributed by atoms with van der Waals surface area (Å²) in [5.74, 6) is 0.499. The van der Waals surface area contributed by atoms with Gasteiger partial charge >= 0.3 is 6.03 Å². The molecule has 1 aromatic heterocycles. The molecule has 0 radical (unpaired) electrons. The second-order valence-corrected chi connectivity index (χ2v) is 8.47. The van der Waals surface area contributed by atoms with Crippen LogP contribution < -0.4 is 10.6 Å². The molecule has 0 aromatic carbocycles. The fraction of sp³-hybridized carbons (Fsp3) is 0.706. The lowest BCUT2D eigenvalue weighted by molar-refractivity contribution is -0.124. The van der Waals surface area contributed by atoms with Crippen LogP contribution in [0.15, 0.2) is 6.20 Å². The standard InChI is InChI=1S/C17H24N4O2S/c1-10-9-18-16(24-10)14(11-4-5-11)20-17(23)21-8-2-3-13(21)15(22)19-12-6-7-12/h9,11-14H,2-8H2,1H3,(H,19,22)(H,20,23)/t13-,14-/m1/s1. The van der Waals surface area contributed by atoms with Crippen LogP contribution in [0, 0.1) is 12.8 Å². The molecule has 3 aliphatic rings. The van der Waals surface area contributed by atoms with Crippen molar-refractivity contribution in [1.82, 2.24) is 20.5 Å². The number of hydrogen-bond donors (Lipinski definition) is 2. The molecular formula is C17H24N4O2S. The Morgan fingerprint density at radius 1 is 1.29 bits per heavy atom. The Bertz CT molecular complexity index is 638. The highest BCUT2D eigenvalue weighted by molar-refractivity contribution is 7.11. The molecule has 4 rings (SSSR count). The van der Waals surface area contributed by atoms with Gasteiger partial charge in [0.15, 0.2) is 0 Å². The highest BCUT2D eigenvalue weighted by atomic mass is 32.1. The van der Waals surface area contributed by atoms with Gasteiger partial charge in [-0.3, -0.25) is 4.79 Å². The normalized spacial score (nSPS) is 24.7. The fourth-order valence-corrected chi connectivity index (χ4v) is 4.27. The number of carbonyl (C=O) groups excluding carboxylic acids is 2. The van der Waals surface area contributed by atoms with Gasteiger partial charge in [-0.15, -0.1) is 11.3 Å². The van der Waals surface area contributed by atoms with Gasteiger partial charge in [-0.05, 0) is 51.4 Å². The lowest BCUT2D eigenvalue weighted by Gasteiger charge is -2.26. The second kappa shape index (κ2) is 6.35. The molecule has 2 saturated carbocycles. The van der Waals surface area contributed by atoms with Crippen molar-refractivity contribution in [3.05, 3.63) is 16.1 Å².